The number of alkyl halides is 2. The molecule has 0 atom stereocenters. The first-order valence-corrected chi connectivity index (χ1v) is 7.39. The van der Waals surface area contributed by atoms with Gasteiger partial charge in [0, 0.05) is 25.2 Å². The van der Waals surface area contributed by atoms with Crippen molar-refractivity contribution in [2.45, 2.75) is 25.3 Å². The van der Waals surface area contributed by atoms with Gasteiger partial charge in [0.05, 0.1) is 19.3 Å². The van der Waals surface area contributed by atoms with Gasteiger partial charge in [-0.2, -0.15) is 0 Å². The third-order valence-electron chi connectivity index (χ3n) is 3.73. The molecule has 8 heteroatoms. The molecule has 0 radical (unpaired) electrons. The second-order valence-corrected chi connectivity index (χ2v) is 5.41. The van der Waals surface area contributed by atoms with Crippen LogP contribution in [0.1, 0.15) is 12.8 Å². The molecule has 0 saturated carbocycles. The van der Waals surface area contributed by atoms with Crippen LogP contribution in [0.3, 0.4) is 0 Å². The number of halogens is 3. The molecular weight excluding hydrogens is 311 g/mol. The molecule has 1 aromatic carbocycles. The number of methoxy groups -OCH3 is 1. The third-order valence-corrected chi connectivity index (χ3v) is 3.73. The number of rotatable bonds is 5. The van der Waals surface area contributed by atoms with Gasteiger partial charge in [0.25, 0.3) is 6.43 Å². The maximum absolute atomic E-state index is 13.1. The summed E-state index contributed by atoms with van der Waals surface area (Å²) in [5.41, 5.74) is 0.363. The molecule has 128 valence electrons. The van der Waals surface area contributed by atoms with E-state index in [0.717, 1.165) is 0 Å². The van der Waals surface area contributed by atoms with Crippen molar-refractivity contribution in [3.63, 3.8) is 0 Å². The summed E-state index contributed by atoms with van der Waals surface area (Å²) in [6.45, 7) is 0.815. The first-order valence-electron chi connectivity index (χ1n) is 7.39. The van der Waals surface area contributed by atoms with E-state index in [0.29, 0.717) is 31.6 Å². The first-order chi connectivity index (χ1) is 11.0. The number of nitrogens with one attached hydrogen (secondary N) is 2. The molecule has 1 aliphatic rings. The van der Waals surface area contributed by atoms with Gasteiger partial charge in [0.15, 0.2) is 0 Å². The fourth-order valence-corrected chi connectivity index (χ4v) is 2.57. The van der Waals surface area contributed by atoms with Crippen LogP contribution in [0.25, 0.3) is 0 Å². The fraction of sp³-hybridized carbons (Fsp3) is 0.533. The Morgan fingerprint density at radius 2 is 2.09 bits per heavy atom. The molecule has 0 spiro atoms. The molecule has 23 heavy (non-hydrogen) atoms. The zero-order chi connectivity index (χ0) is 16.8. The average molecular weight is 331 g/mol. The Morgan fingerprint density at radius 3 is 2.70 bits per heavy atom. The number of benzene rings is 1. The number of carbonyl (C=O) groups excluding carboxylic acids is 1. The Labute approximate surface area is 132 Å². The van der Waals surface area contributed by atoms with E-state index in [1.807, 2.05) is 0 Å². The summed E-state index contributed by atoms with van der Waals surface area (Å²) in [6.07, 6.45) is -1.12. The Balaban J connectivity index is 1.82. The number of likely N-dealkylation sites (tertiary alicyclic amines) is 1. The van der Waals surface area contributed by atoms with Gasteiger partial charge in [-0.05, 0) is 25.0 Å². The predicted octanol–water partition coefficient (Wildman–Crippen LogP) is 2.69. The van der Waals surface area contributed by atoms with Crippen molar-refractivity contribution >= 4 is 11.7 Å². The van der Waals surface area contributed by atoms with Crippen molar-refractivity contribution in [2.24, 2.45) is 0 Å². The van der Waals surface area contributed by atoms with Gasteiger partial charge in [-0.1, -0.05) is 0 Å². The van der Waals surface area contributed by atoms with Crippen molar-refractivity contribution in [1.29, 1.82) is 0 Å². The maximum atomic E-state index is 13.1. The van der Waals surface area contributed by atoms with Crippen LogP contribution >= 0.6 is 0 Å². The lowest BCUT2D eigenvalue weighted by atomic mass is 10.1. The molecule has 1 aromatic rings. The summed E-state index contributed by atoms with van der Waals surface area (Å²) >= 11 is 0. The Bertz CT molecular complexity index is 535. The van der Waals surface area contributed by atoms with Crippen LogP contribution in [0.4, 0.5) is 23.7 Å². The first kappa shape index (κ1) is 17.4. The zero-order valence-electron chi connectivity index (χ0n) is 12.8. The molecular formula is C15H20F3N3O2. The molecule has 1 fully saturated rings. The number of hydrogen-bond acceptors (Lipinski definition) is 3. The summed E-state index contributed by atoms with van der Waals surface area (Å²) < 4.78 is 42.7. The van der Waals surface area contributed by atoms with Gasteiger partial charge in [-0.15, -0.1) is 0 Å². The van der Waals surface area contributed by atoms with E-state index in [-0.39, 0.29) is 18.3 Å². The number of carbonyl (C=O) groups is 1. The molecule has 0 aromatic heterocycles. The minimum Gasteiger partial charge on any atom is -0.494 e. The van der Waals surface area contributed by atoms with Crippen molar-refractivity contribution in [3.05, 3.63) is 24.0 Å². The van der Waals surface area contributed by atoms with Gasteiger partial charge < -0.3 is 15.4 Å². The van der Waals surface area contributed by atoms with E-state index in [1.54, 1.807) is 4.90 Å². The largest absolute Gasteiger partial charge is 0.494 e. The van der Waals surface area contributed by atoms with Crippen LogP contribution in [-0.2, 0) is 0 Å². The third kappa shape index (κ3) is 5.31. The van der Waals surface area contributed by atoms with E-state index < -0.39 is 18.3 Å². The molecule has 0 aliphatic carbocycles. The van der Waals surface area contributed by atoms with Gasteiger partial charge in [0.2, 0.25) is 0 Å². The Hall–Kier alpha value is -1.96. The van der Waals surface area contributed by atoms with Gasteiger partial charge >= 0.3 is 6.03 Å². The Morgan fingerprint density at radius 1 is 1.39 bits per heavy atom. The second-order valence-electron chi connectivity index (χ2n) is 5.41. The van der Waals surface area contributed by atoms with E-state index >= 15 is 0 Å². The van der Waals surface area contributed by atoms with Crippen molar-refractivity contribution in [2.75, 3.05) is 32.1 Å². The van der Waals surface area contributed by atoms with Crippen molar-refractivity contribution in [3.8, 4) is 5.75 Å². The molecule has 2 amide bonds. The quantitative estimate of drug-likeness (QED) is 0.872. The normalized spacial score (nSPS) is 16.4. The van der Waals surface area contributed by atoms with Gasteiger partial charge in [-0.25, -0.2) is 18.0 Å². The number of amides is 2. The highest BCUT2D eigenvalue weighted by atomic mass is 19.3. The SMILES string of the molecule is COc1cc(F)ccc1NC(=O)NC1CCN(CC(F)F)CC1. The summed E-state index contributed by atoms with van der Waals surface area (Å²) in [6, 6.07) is 3.32. The fourth-order valence-electron chi connectivity index (χ4n) is 2.57. The maximum Gasteiger partial charge on any atom is 0.319 e. The molecule has 1 saturated heterocycles. The molecule has 5 nitrogen and oxygen atoms in total. The lowest BCUT2D eigenvalue weighted by molar-refractivity contribution is 0.0739. The van der Waals surface area contributed by atoms with E-state index in [9.17, 15) is 18.0 Å². The zero-order valence-corrected chi connectivity index (χ0v) is 12.8. The molecule has 2 rings (SSSR count). The molecule has 2 N–H and O–H groups in total. The van der Waals surface area contributed by atoms with Crippen LogP contribution in [0.5, 0.6) is 5.75 Å². The monoisotopic (exact) mass is 331 g/mol. The number of nitrogens with zero attached hydrogens (tertiary/aromatic N) is 1. The number of urea groups is 1. The van der Waals surface area contributed by atoms with Crippen molar-refractivity contribution in [1.82, 2.24) is 10.2 Å². The number of piperidine rings is 1. The van der Waals surface area contributed by atoms with Gasteiger partial charge in [0.1, 0.15) is 11.6 Å². The molecule has 1 aliphatic heterocycles. The minimum absolute atomic E-state index is 0.0737. The van der Waals surface area contributed by atoms with Crippen LogP contribution in [0.2, 0.25) is 0 Å². The number of anilines is 1. The van der Waals surface area contributed by atoms with Crippen LogP contribution in [0.15, 0.2) is 18.2 Å². The Kier molecular flexibility index (Phi) is 6.09. The minimum atomic E-state index is -2.34. The number of ether oxygens (including phenoxy) is 1. The lowest BCUT2D eigenvalue weighted by Gasteiger charge is -2.32. The summed E-state index contributed by atoms with van der Waals surface area (Å²) in [5, 5.41) is 5.40. The predicted molar refractivity (Wildman–Crippen MR) is 80.6 cm³/mol. The summed E-state index contributed by atoms with van der Waals surface area (Å²) in [7, 11) is 1.39. The van der Waals surface area contributed by atoms with E-state index in [4.69, 9.17) is 4.74 Å². The van der Waals surface area contributed by atoms with E-state index in [1.165, 1.54) is 25.3 Å². The van der Waals surface area contributed by atoms with Crippen LogP contribution in [-0.4, -0.2) is 50.1 Å². The highest BCUT2D eigenvalue weighted by molar-refractivity contribution is 5.91. The highest BCUT2D eigenvalue weighted by Crippen LogP contribution is 2.24. The highest BCUT2D eigenvalue weighted by Gasteiger charge is 2.22. The number of hydrogen-bond donors (Lipinski definition) is 2. The topological polar surface area (TPSA) is 53.6 Å². The smallest absolute Gasteiger partial charge is 0.319 e. The average Bonchev–Trinajstić information content (AvgIpc) is 2.50. The van der Waals surface area contributed by atoms with Gasteiger partial charge in [-0.3, -0.25) is 4.90 Å². The van der Waals surface area contributed by atoms with Crippen LogP contribution in [0, 0.1) is 5.82 Å². The summed E-state index contributed by atoms with van der Waals surface area (Å²) in [4.78, 5) is 13.7. The van der Waals surface area contributed by atoms with Crippen molar-refractivity contribution < 1.29 is 22.7 Å². The summed E-state index contributed by atoms with van der Waals surface area (Å²) in [5.74, 6) is -0.230. The van der Waals surface area contributed by atoms with E-state index in [2.05, 4.69) is 10.6 Å². The standard InChI is InChI=1S/C15H20F3N3O2/c1-23-13-8-10(16)2-3-12(13)20-15(22)19-11-4-6-21(7-5-11)9-14(17)18/h2-3,8,11,14H,4-7,9H2,1H3,(H2,19,20,22). The van der Waals surface area contributed by atoms with Crippen LogP contribution < -0.4 is 15.4 Å². The lowest BCUT2D eigenvalue weighted by Crippen LogP contribution is -2.46. The molecule has 0 bridgehead atoms. The second kappa shape index (κ2) is 8.05. The molecule has 0 unspecified atom stereocenters. The molecule has 1 heterocycles.